The molecule has 2 N–H and O–H groups in total. The van der Waals surface area contributed by atoms with Gasteiger partial charge in [-0.1, -0.05) is 13.8 Å². The zero-order chi connectivity index (χ0) is 18.1. The highest BCUT2D eigenvalue weighted by atomic mass is 32.2. The normalized spacial score (nSPS) is 12.1. The van der Waals surface area contributed by atoms with Gasteiger partial charge in [0.15, 0.2) is 5.69 Å². The van der Waals surface area contributed by atoms with Crippen LogP contribution in [0.25, 0.3) is 0 Å². The molecule has 24 heavy (non-hydrogen) atoms. The molecule has 0 fully saturated rings. The molecule has 0 saturated heterocycles. The number of anilines is 1. The molecule has 7 nitrogen and oxygen atoms in total. The third kappa shape index (κ3) is 4.09. The molecule has 11 heteroatoms. The average Bonchev–Trinajstić information content (AvgIpc) is 3.04. The summed E-state index contributed by atoms with van der Waals surface area (Å²) >= 11 is 0.690. The topological polar surface area (TPSA) is 101 Å². The second-order valence-electron chi connectivity index (χ2n) is 5.41. The Bertz CT molecular complexity index is 843. The van der Waals surface area contributed by atoms with Crippen LogP contribution in [0.2, 0.25) is 0 Å². The number of nitrogens with zero attached hydrogens (tertiary/aromatic N) is 2. The van der Waals surface area contributed by atoms with Gasteiger partial charge in [0.1, 0.15) is 4.21 Å². The molecule has 2 aromatic heterocycles. The molecular weight excluding hydrogens is 364 g/mol. The molecule has 0 aliphatic heterocycles. The standard InChI is InChI=1S/C13H15F2N3O4S2/c1-7(2)4-18-5-9(11(16-18)12(14)15)17-24(21,22)10-3-8(6-23-10)13(19)20/h3,5-7,12,17H,4H2,1-2H3,(H,19,20). The number of aromatic carboxylic acids is 1. The highest BCUT2D eigenvalue weighted by Crippen LogP contribution is 2.29. The maximum atomic E-state index is 13.1. The lowest BCUT2D eigenvalue weighted by atomic mass is 10.2. The SMILES string of the molecule is CC(C)Cn1cc(NS(=O)(=O)c2cc(C(=O)O)cs2)c(C(F)F)n1. The Hall–Kier alpha value is -2.01. The number of carboxylic acids is 1. The van der Waals surface area contributed by atoms with Crippen LogP contribution in [0.5, 0.6) is 0 Å². The van der Waals surface area contributed by atoms with Gasteiger partial charge in [-0.15, -0.1) is 11.3 Å². The Morgan fingerprint density at radius 1 is 1.46 bits per heavy atom. The minimum Gasteiger partial charge on any atom is -0.478 e. The molecule has 2 heterocycles. The molecule has 0 atom stereocenters. The summed E-state index contributed by atoms with van der Waals surface area (Å²) in [5, 5.41) is 13.7. The predicted molar refractivity (Wildman–Crippen MR) is 84.1 cm³/mol. The second kappa shape index (κ2) is 6.85. The van der Waals surface area contributed by atoms with Gasteiger partial charge in [0.2, 0.25) is 0 Å². The summed E-state index contributed by atoms with van der Waals surface area (Å²) in [7, 11) is -4.18. The van der Waals surface area contributed by atoms with E-state index in [0.29, 0.717) is 17.9 Å². The van der Waals surface area contributed by atoms with Gasteiger partial charge in [-0.2, -0.15) is 5.10 Å². The van der Waals surface area contributed by atoms with Crippen LogP contribution in [-0.2, 0) is 16.6 Å². The van der Waals surface area contributed by atoms with Crippen molar-refractivity contribution in [2.24, 2.45) is 5.92 Å². The summed E-state index contributed by atoms with van der Waals surface area (Å²) in [5.74, 6) is -1.14. The first-order valence-corrected chi connectivity index (χ1v) is 9.16. The van der Waals surface area contributed by atoms with Crippen molar-refractivity contribution < 1.29 is 27.1 Å². The maximum absolute atomic E-state index is 13.1. The van der Waals surface area contributed by atoms with Crippen molar-refractivity contribution in [2.45, 2.75) is 31.0 Å². The fourth-order valence-corrected chi connectivity index (χ4v) is 4.12. The molecule has 0 radical (unpaired) electrons. The third-order valence-corrected chi connectivity index (χ3v) is 5.69. The van der Waals surface area contributed by atoms with E-state index in [1.165, 1.54) is 10.9 Å². The van der Waals surface area contributed by atoms with Gasteiger partial charge in [0.05, 0.1) is 11.3 Å². The molecule has 0 aliphatic rings. The molecule has 0 spiro atoms. The average molecular weight is 379 g/mol. The minimum atomic E-state index is -4.18. The van der Waals surface area contributed by atoms with E-state index in [1.54, 1.807) is 0 Å². The van der Waals surface area contributed by atoms with Crippen LogP contribution < -0.4 is 4.72 Å². The van der Waals surface area contributed by atoms with E-state index in [9.17, 15) is 22.0 Å². The van der Waals surface area contributed by atoms with Gasteiger partial charge in [-0.3, -0.25) is 9.40 Å². The van der Waals surface area contributed by atoms with E-state index in [-0.39, 0.29) is 21.4 Å². The second-order valence-corrected chi connectivity index (χ2v) is 8.23. The summed E-state index contributed by atoms with van der Waals surface area (Å²) < 4.78 is 53.7. The predicted octanol–water partition coefficient (Wildman–Crippen LogP) is 3.04. The van der Waals surface area contributed by atoms with Gasteiger partial charge >= 0.3 is 5.97 Å². The summed E-state index contributed by atoms with van der Waals surface area (Å²) in [6.45, 7) is 4.09. The fraction of sp³-hybridized carbons (Fsp3) is 0.385. The van der Waals surface area contributed by atoms with Crippen molar-refractivity contribution in [3.05, 3.63) is 28.9 Å². The fourth-order valence-electron chi connectivity index (χ4n) is 1.91. The molecule has 0 aliphatic carbocycles. The van der Waals surface area contributed by atoms with E-state index < -0.39 is 28.1 Å². The Morgan fingerprint density at radius 2 is 2.12 bits per heavy atom. The van der Waals surface area contributed by atoms with Crippen molar-refractivity contribution in [3.8, 4) is 0 Å². The number of hydrogen-bond acceptors (Lipinski definition) is 5. The van der Waals surface area contributed by atoms with Crippen molar-refractivity contribution in [3.63, 3.8) is 0 Å². The summed E-state index contributed by atoms with van der Waals surface area (Å²) in [5.41, 5.74) is -1.19. The number of hydrogen-bond donors (Lipinski definition) is 2. The van der Waals surface area contributed by atoms with Crippen molar-refractivity contribution >= 4 is 33.0 Å². The van der Waals surface area contributed by atoms with Crippen LogP contribution in [0.15, 0.2) is 21.9 Å². The first-order chi connectivity index (χ1) is 11.1. The maximum Gasteiger partial charge on any atom is 0.336 e. The first kappa shape index (κ1) is 18.3. The highest BCUT2D eigenvalue weighted by molar-refractivity contribution is 7.94. The number of halogens is 2. The molecule has 0 unspecified atom stereocenters. The summed E-state index contributed by atoms with van der Waals surface area (Å²) in [6.07, 6.45) is -1.75. The molecule has 2 rings (SSSR count). The van der Waals surface area contributed by atoms with Crippen LogP contribution >= 0.6 is 11.3 Å². The molecule has 132 valence electrons. The molecular formula is C13H15F2N3O4S2. The smallest absolute Gasteiger partial charge is 0.336 e. The highest BCUT2D eigenvalue weighted by Gasteiger charge is 2.25. The Balaban J connectivity index is 2.34. The van der Waals surface area contributed by atoms with Crippen LogP contribution in [0.1, 0.15) is 36.3 Å². The number of sulfonamides is 1. The Kier molecular flexibility index (Phi) is 5.23. The van der Waals surface area contributed by atoms with E-state index in [1.807, 2.05) is 13.8 Å². The summed E-state index contributed by atoms with van der Waals surface area (Å²) in [6, 6.07) is 0.968. The van der Waals surface area contributed by atoms with Gasteiger partial charge < -0.3 is 5.11 Å². The lowest BCUT2D eigenvalue weighted by Gasteiger charge is -2.05. The molecule has 0 amide bonds. The number of nitrogens with one attached hydrogen (secondary N) is 1. The number of alkyl halides is 2. The first-order valence-electron chi connectivity index (χ1n) is 6.80. The van der Waals surface area contributed by atoms with Crippen molar-refractivity contribution in [1.82, 2.24) is 9.78 Å². The van der Waals surface area contributed by atoms with E-state index >= 15 is 0 Å². The molecule has 0 aromatic carbocycles. The van der Waals surface area contributed by atoms with Crippen LogP contribution in [0.3, 0.4) is 0 Å². The van der Waals surface area contributed by atoms with Crippen LogP contribution in [0.4, 0.5) is 14.5 Å². The van der Waals surface area contributed by atoms with Crippen LogP contribution in [0, 0.1) is 5.92 Å². The number of carbonyl (C=O) groups is 1. The van der Waals surface area contributed by atoms with Crippen molar-refractivity contribution in [2.75, 3.05) is 4.72 Å². The Labute approximate surface area is 141 Å². The lowest BCUT2D eigenvalue weighted by Crippen LogP contribution is -2.12. The third-order valence-electron chi connectivity index (χ3n) is 2.88. The van der Waals surface area contributed by atoms with E-state index in [4.69, 9.17) is 5.11 Å². The van der Waals surface area contributed by atoms with Gasteiger partial charge in [0, 0.05) is 18.1 Å². The number of rotatable bonds is 7. The minimum absolute atomic E-state index is 0.135. The zero-order valence-electron chi connectivity index (χ0n) is 12.7. The van der Waals surface area contributed by atoms with E-state index in [2.05, 4.69) is 9.82 Å². The quantitative estimate of drug-likeness (QED) is 0.770. The largest absolute Gasteiger partial charge is 0.478 e. The molecule has 0 bridgehead atoms. The van der Waals surface area contributed by atoms with Crippen LogP contribution in [-0.4, -0.2) is 29.3 Å². The zero-order valence-corrected chi connectivity index (χ0v) is 14.4. The number of thiophene rings is 1. The monoisotopic (exact) mass is 379 g/mol. The lowest BCUT2D eigenvalue weighted by molar-refractivity contribution is 0.0697. The van der Waals surface area contributed by atoms with Gasteiger partial charge in [0.25, 0.3) is 16.4 Å². The number of carboxylic acid groups (broad SMARTS) is 1. The number of aromatic nitrogens is 2. The molecule has 2 aromatic rings. The molecule has 0 saturated carbocycles. The Morgan fingerprint density at radius 3 is 2.62 bits per heavy atom. The van der Waals surface area contributed by atoms with Gasteiger partial charge in [-0.05, 0) is 12.0 Å². The van der Waals surface area contributed by atoms with E-state index in [0.717, 1.165) is 11.4 Å². The van der Waals surface area contributed by atoms with Gasteiger partial charge in [-0.25, -0.2) is 22.0 Å². The van der Waals surface area contributed by atoms with Crippen molar-refractivity contribution in [1.29, 1.82) is 0 Å². The summed E-state index contributed by atoms with van der Waals surface area (Å²) in [4.78, 5) is 10.8.